The minimum absolute atomic E-state index is 0.0606. The molecule has 2 N–H and O–H groups in total. The zero-order valence-corrected chi connectivity index (χ0v) is 11.5. The van der Waals surface area contributed by atoms with E-state index in [0.717, 1.165) is 18.4 Å². The third kappa shape index (κ3) is 2.38. The lowest BCUT2D eigenvalue weighted by molar-refractivity contribution is 0.164. The van der Waals surface area contributed by atoms with Gasteiger partial charge in [0.1, 0.15) is 17.7 Å². The summed E-state index contributed by atoms with van der Waals surface area (Å²) in [6.07, 6.45) is 1.70. The van der Waals surface area contributed by atoms with Gasteiger partial charge in [0.15, 0.2) is 0 Å². The fourth-order valence-corrected chi connectivity index (χ4v) is 3.40. The lowest BCUT2D eigenvalue weighted by Crippen LogP contribution is -2.23. The molecule has 0 radical (unpaired) electrons. The molecule has 1 unspecified atom stereocenters. The van der Waals surface area contributed by atoms with E-state index in [0.29, 0.717) is 5.75 Å². The Morgan fingerprint density at radius 1 is 1.37 bits per heavy atom. The molecular weight excluding hydrogens is 261 g/mol. The van der Waals surface area contributed by atoms with Crippen LogP contribution in [0.3, 0.4) is 0 Å². The van der Waals surface area contributed by atoms with Gasteiger partial charge in [0, 0.05) is 33.8 Å². The molecule has 19 heavy (non-hydrogen) atoms. The van der Waals surface area contributed by atoms with Crippen molar-refractivity contribution in [2.45, 2.75) is 31.9 Å². The van der Waals surface area contributed by atoms with Crippen molar-refractivity contribution >= 4 is 11.3 Å². The smallest absolute Gasteiger partial charge is 0.135 e. The highest BCUT2D eigenvalue weighted by atomic mass is 32.1. The van der Waals surface area contributed by atoms with Crippen molar-refractivity contribution in [1.82, 2.24) is 0 Å². The molecule has 1 aromatic carbocycles. The van der Waals surface area contributed by atoms with Gasteiger partial charge in [0.25, 0.3) is 0 Å². The molecule has 0 saturated carbocycles. The number of benzene rings is 1. The van der Waals surface area contributed by atoms with Gasteiger partial charge in [0.2, 0.25) is 0 Å². The molecule has 2 nitrogen and oxygen atoms in total. The standard InChI is InChI=1S/C15H16FNOS/c1-2-10-4-6-15(19-10)14-8-12(17)11-5-3-9(16)7-13(11)18-14/h3-7,12,14H,2,8,17H2,1H3/t12-,14?/m1/s1. The third-order valence-electron chi connectivity index (χ3n) is 3.46. The first-order valence-electron chi connectivity index (χ1n) is 6.47. The molecule has 0 aliphatic carbocycles. The van der Waals surface area contributed by atoms with Gasteiger partial charge in [0.05, 0.1) is 0 Å². The third-order valence-corrected chi connectivity index (χ3v) is 4.78. The highest BCUT2D eigenvalue weighted by molar-refractivity contribution is 7.12. The molecule has 0 spiro atoms. The van der Waals surface area contributed by atoms with Gasteiger partial charge in [-0.3, -0.25) is 0 Å². The summed E-state index contributed by atoms with van der Waals surface area (Å²) in [4.78, 5) is 2.50. The molecule has 3 rings (SSSR count). The Morgan fingerprint density at radius 3 is 2.95 bits per heavy atom. The lowest BCUT2D eigenvalue weighted by Gasteiger charge is -2.29. The molecule has 0 saturated heterocycles. The van der Waals surface area contributed by atoms with Crippen LogP contribution in [0.25, 0.3) is 0 Å². The van der Waals surface area contributed by atoms with E-state index in [2.05, 4.69) is 19.1 Å². The van der Waals surface area contributed by atoms with E-state index in [-0.39, 0.29) is 18.0 Å². The van der Waals surface area contributed by atoms with Crippen molar-refractivity contribution in [2.24, 2.45) is 5.73 Å². The van der Waals surface area contributed by atoms with E-state index in [9.17, 15) is 4.39 Å². The zero-order valence-electron chi connectivity index (χ0n) is 10.7. The van der Waals surface area contributed by atoms with Crippen molar-refractivity contribution in [3.8, 4) is 5.75 Å². The molecule has 100 valence electrons. The minimum atomic E-state index is -0.285. The van der Waals surface area contributed by atoms with E-state index in [4.69, 9.17) is 10.5 Å². The zero-order chi connectivity index (χ0) is 13.4. The monoisotopic (exact) mass is 277 g/mol. The Morgan fingerprint density at radius 2 is 2.21 bits per heavy atom. The van der Waals surface area contributed by atoms with Gasteiger partial charge in [-0.15, -0.1) is 11.3 Å². The van der Waals surface area contributed by atoms with Crippen molar-refractivity contribution in [2.75, 3.05) is 0 Å². The summed E-state index contributed by atoms with van der Waals surface area (Å²) in [7, 11) is 0. The summed E-state index contributed by atoms with van der Waals surface area (Å²) in [6, 6.07) is 8.69. The SMILES string of the molecule is CCc1ccc(C2C[C@@H](N)c3ccc(F)cc3O2)s1. The van der Waals surface area contributed by atoms with Crippen LogP contribution < -0.4 is 10.5 Å². The highest BCUT2D eigenvalue weighted by Gasteiger charge is 2.28. The summed E-state index contributed by atoms with van der Waals surface area (Å²) >= 11 is 1.75. The van der Waals surface area contributed by atoms with E-state index >= 15 is 0 Å². The fourth-order valence-electron chi connectivity index (χ4n) is 2.41. The first-order chi connectivity index (χ1) is 9.17. The highest BCUT2D eigenvalue weighted by Crippen LogP contribution is 2.41. The van der Waals surface area contributed by atoms with Gasteiger partial charge in [-0.05, 0) is 24.6 Å². The van der Waals surface area contributed by atoms with Crippen molar-refractivity contribution < 1.29 is 9.13 Å². The Labute approximate surface area is 116 Å². The van der Waals surface area contributed by atoms with Gasteiger partial charge < -0.3 is 10.5 Å². The average molecular weight is 277 g/mol. The minimum Gasteiger partial charge on any atom is -0.484 e. The molecule has 2 aromatic rings. The maximum Gasteiger partial charge on any atom is 0.135 e. The number of fused-ring (bicyclic) bond motifs is 1. The van der Waals surface area contributed by atoms with Crippen LogP contribution in [0.2, 0.25) is 0 Å². The largest absolute Gasteiger partial charge is 0.484 e. The Hall–Kier alpha value is -1.39. The molecule has 2 atom stereocenters. The molecule has 0 amide bonds. The summed E-state index contributed by atoms with van der Waals surface area (Å²) in [5.41, 5.74) is 7.06. The maximum absolute atomic E-state index is 13.3. The van der Waals surface area contributed by atoms with E-state index in [1.807, 2.05) is 0 Å². The van der Waals surface area contributed by atoms with Gasteiger partial charge >= 0.3 is 0 Å². The Bertz CT molecular complexity index is 596. The Kier molecular flexibility index (Phi) is 3.29. The second-order valence-corrected chi connectivity index (χ2v) is 5.99. The van der Waals surface area contributed by atoms with Gasteiger partial charge in [-0.25, -0.2) is 4.39 Å². The summed E-state index contributed by atoms with van der Waals surface area (Å²) in [6.45, 7) is 2.13. The average Bonchev–Trinajstić information content (AvgIpc) is 2.86. The van der Waals surface area contributed by atoms with Crippen LogP contribution in [0, 0.1) is 5.82 Å². The molecule has 2 heterocycles. The molecule has 1 aliphatic rings. The predicted molar refractivity (Wildman–Crippen MR) is 75.0 cm³/mol. The van der Waals surface area contributed by atoms with Crippen molar-refractivity contribution in [1.29, 1.82) is 0 Å². The second kappa shape index (κ2) is 4.94. The van der Waals surface area contributed by atoms with Crippen molar-refractivity contribution in [3.05, 3.63) is 51.5 Å². The lowest BCUT2D eigenvalue weighted by atomic mass is 9.96. The van der Waals surface area contributed by atoms with E-state index in [1.54, 1.807) is 17.4 Å². The molecular formula is C15H16FNOS. The van der Waals surface area contributed by atoms with Gasteiger partial charge in [-0.2, -0.15) is 0 Å². The number of hydrogen-bond donors (Lipinski definition) is 1. The van der Waals surface area contributed by atoms with Crippen molar-refractivity contribution in [3.63, 3.8) is 0 Å². The van der Waals surface area contributed by atoms with E-state index in [1.165, 1.54) is 21.9 Å². The fraction of sp³-hybridized carbons (Fsp3) is 0.333. The summed E-state index contributed by atoms with van der Waals surface area (Å²) < 4.78 is 19.2. The van der Waals surface area contributed by atoms with Gasteiger partial charge in [-0.1, -0.05) is 13.0 Å². The Balaban J connectivity index is 1.91. The number of hydrogen-bond acceptors (Lipinski definition) is 3. The molecule has 0 fully saturated rings. The first kappa shape index (κ1) is 12.6. The maximum atomic E-state index is 13.3. The molecule has 0 bridgehead atoms. The van der Waals surface area contributed by atoms with Crippen LogP contribution >= 0.6 is 11.3 Å². The number of rotatable bonds is 2. The van der Waals surface area contributed by atoms with Crippen LogP contribution in [0.1, 0.15) is 40.8 Å². The topological polar surface area (TPSA) is 35.2 Å². The van der Waals surface area contributed by atoms with E-state index < -0.39 is 0 Å². The first-order valence-corrected chi connectivity index (χ1v) is 7.29. The van der Waals surface area contributed by atoms with Crippen LogP contribution in [0.4, 0.5) is 4.39 Å². The van der Waals surface area contributed by atoms with Crippen LogP contribution in [0.5, 0.6) is 5.75 Å². The quantitative estimate of drug-likeness (QED) is 0.901. The number of thiophene rings is 1. The number of ether oxygens (including phenoxy) is 1. The second-order valence-electron chi connectivity index (χ2n) is 4.79. The summed E-state index contributed by atoms with van der Waals surface area (Å²) in [5, 5.41) is 0. The van der Waals surface area contributed by atoms with Crippen LogP contribution in [-0.4, -0.2) is 0 Å². The number of halogens is 1. The number of nitrogens with two attached hydrogens (primary N) is 1. The molecule has 1 aromatic heterocycles. The van der Waals surface area contributed by atoms with Crippen LogP contribution in [0.15, 0.2) is 30.3 Å². The summed E-state index contributed by atoms with van der Waals surface area (Å²) in [5.74, 6) is 0.294. The molecule has 4 heteroatoms. The predicted octanol–water partition coefficient (Wildman–Crippen LogP) is 3.97. The normalized spacial score (nSPS) is 21.8. The van der Waals surface area contributed by atoms with Crippen LogP contribution in [-0.2, 0) is 6.42 Å². The number of aryl methyl sites for hydroxylation is 1. The molecule has 1 aliphatic heterocycles.